The molecule has 2 aromatic rings. The van der Waals surface area contributed by atoms with Gasteiger partial charge in [-0.2, -0.15) is 0 Å². The van der Waals surface area contributed by atoms with Crippen molar-refractivity contribution in [2.75, 3.05) is 17.2 Å². The highest BCUT2D eigenvalue weighted by Gasteiger charge is 2.07. The second-order valence-corrected chi connectivity index (χ2v) is 4.60. The topological polar surface area (TPSA) is 130 Å². The number of rotatable bonds is 3. The smallest absolute Gasteiger partial charge is 0.191 e. The van der Waals surface area contributed by atoms with Gasteiger partial charge in [-0.05, 0) is 0 Å². The fraction of sp³-hybridized carbons (Fsp3) is 0.143. The summed E-state index contributed by atoms with van der Waals surface area (Å²) in [7, 11) is 0. The molecule has 0 saturated carbocycles. The van der Waals surface area contributed by atoms with Crippen molar-refractivity contribution >= 4 is 39.9 Å². The summed E-state index contributed by atoms with van der Waals surface area (Å²) in [6.45, 7) is 0. The third-order valence-electron chi connectivity index (χ3n) is 1.67. The van der Waals surface area contributed by atoms with E-state index in [2.05, 4.69) is 19.6 Å². The maximum Gasteiger partial charge on any atom is 0.191 e. The molecule has 0 amide bonds. The van der Waals surface area contributed by atoms with Crippen molar-refractivity contribution in [3.8, 4) is 0 Å². The number of nitrogen functional groups attached to an aromatic ring is 3. The normalized spacial score (nSPS) is 10.5. The Labute approximate surface area is 99.6 Å². The SMILES string of the molecule is Nc1cc(N)nc(SCc2nnsc2N)n1. The fourth-order valence-corrected chi connectivity index (χ4v) is 2.33. The number of anilines is 3. The van der Waals surface area contributed by atoms with Crippen molar-refractivity contribution in [3.63, 3.8) is 0 Å². The molecule has 9 heteroatoms. The Bertz CT molecular complexity index is 477. The molecule has 0 radical (unpaired) electrons. The van der Waals surface area contributed by atoms with E-state index in [9.17, 15) is 0 Å². The van der Waals surface area contributed by atoms with E-state index in [0.717, 1.165) is 17.2 Å². The third kappa shape index (κ3) is 2.49. The highest BCUT2D eigenvalue weighted by Crippen LogP contribution is 2.24. The maximum atomic E-state index is 5.65. The molecule has 6 N–H and O–H groups in total. The fourth-order valence-electron chi connectivity index (χ4n) is 0.975. The molecule has 0 aliphatic carbocycles. The number of aromatic nitrogens is 4. The maximum absolute atomic E-state index is 5.65. The van der Waals surface area contributed by atoms with Crippen LogP contribution in [0.5, 0.6) is 0 Å². The molecule has 16 heavy (non-hydrogen) atoms. The highest BCUT2D eigenvalue weighted by molar-refractivity contribution is 7.98. The van der Waals surface area contributed by atoms with Crippen LogP contribution in [0.25, 0.3) is 0 Å². The Morgan fingerprint density at radius 1 is 1.19 bits per heavy atom. The average molecular weight is 255 g/mol. The van der Waals surface area contributed by atoms with Gasteiger partial charge in [-0.25, -0.2) is 9.97 Å². The van der Waals surface area contributed by atoms with Crippen LogP contribution in [0.3, 0.4) is 0 Å². The molecule has 0 aliphatic rings. The lowest BCUT2D eigenvalue weighted by atomic mass is 10.5. The molecule has 84 valence electrons. The van der Waals surface area contributed by atoms with Gasteiger partial charge in [0.05, 0.1) is 0 Å². The minimum atomic E-state index is 0.347. The lowest BCUT2D eigenvalue weighted by molar-refractivity contribution is 0.980. The summed E-state index contributed by atoms with van der Waals surface area (Å²) in [6, 6.07) is 1.50. The van der Waals surface area contributed by atoms with E-state index in [0.29, 0.717) is 27.5 Å². The van der Waals surface area contributed by atoms with Gasteiger partial charge < -0.3 is 17.2 Å². The van der Waals surface area contributed by atoms with E-state index in [1.807, 2.05) is 0 Å². The lowest BCUT2D eigenvalue weighted by Crippen LogP contribution is -1.99. The predicted molar refractivity (Wildman–Crippen MR) is 64.7 cm³/mol. The van der Waals surface area contributed by atoms with Crippen molar-refractivity contribution in [2.45, 2.75) is 10.9 Å². The van der Waals surface area contributed by atoms with Gasteiger partial charge in [-0.15, -0.1) is 5.10 Å². The van der Waals surface area contributed by atoms with E-state index in [1.54, 1.807) is 0 Å². The summed E-state index contributed by atoms with van der Waals surface area (Å²) >= 11 is 2.52. The molecule has 0 aliphatic heterocycles. The molecule has 0 bridgehead atoms. The predicted octanol–water partition coefficient (Wildman–Crippen LogP) is 0.367. The number of thioether (sulfide) groups is 1. The molecule has 0 spiro atoms. The van der Waals surface area contributed by atoms with Crippen LogP contribution >= 0.6 is 23.3 Å². The van der Waals surface area contributed by atoms with Crippen LogP contribution < -0.4 is 17.2 Å². The quantitative estimate of drug-likeness (QED) is 0.529. The summed E-state index contributed by atoms with van der Waals surface area (Å²) in [6.07, 6.45) is 0. The van der Waals surface area contributed by atoms with Gasteiger partial charge in [0.15, 0.2) is 5.16 Å². The van der Waals surface area contributed by atoms with Crippen LogP contribution in [0.15, 0.2) is 11.2 Å². The van der Waals surface area contributed by atoms with Gasteiger partial charge >= 0.3 is 0 Å². The van der Waals surface area contributed by atoms with E-state index in [-0.39, 0.29) is 0 Å². The molecule has 2 aromatic heterocycles. The molecule has 0 atom stereocenters. The highest BCUT2D eigenvalue weighted by atomic mass is 32.2. The van der Waals surface area contributed by atoms with Crippen LogP contribution in [0.2, 0.25) is 0 Å². The minimum Gasteiger partial charge on any atom is -0.388 e. The first-order chi connectivity index (χ1) is 7.65. The van der Waals surface area contributed by atoms with Crippen molar-refractivity contribution in [1.82, 2.24) is 19.6 Å². The Hall–Kier alpha value is -1.61. The van der Waals surface area contributed by atoms with Crippen molar-refractivity contribution in [1.29, 1.82) is 0 Å². The van der Waals surface area contributed by atoms with Crippen LogP contribution in [0.1, 0.15) is 5.69 Å². The first-order valence-electron chi connectivity index (χ1n) is 4.24. The van der Waals surface area contributed by atoms with Gasteiger partial charge in [0.25, 0.3) is 0 Å². The zero-order valence-electron chi connectivity index (χ0n) is 8.12. The molecular formula is C7H9N7S2. The second kappa shape index (κ2) is 4.49. The number of nitrogens with two attached hydrogens (primary N) is 3. The molecule has 0 aromatic carbocycles. The van der Waals surface area contributed by atoms with Crippen molar-refractivity contribution in [3.05, 3.63) is 11.8 Å². The van der Waals surface area contributed by atoms with Gasteiger partial charge in [-0.3, -0.25) is 0 Å². The first kappa shape index (κ1) is 10.9. The Morgan fingerprint density at radius 3 is 2.44 bits per heavy atom. The van der Waals surface area contributed by atoms with Crippen LogP contribution in [-0.4, -0.2) is 19.6 Å². The van der Waals surface area contributed by atoms with E-state index >= 15 is 0 Å². The number of nitrogens with zero attached hydrogens (tertiary/aromatic N) is 4. The van der Waals surface area contributed by atoms with E-state index in [4.69, 9.17) is 17.2 Å². The van der Waals surface area contributed by atoms with Gasteiger partial charge in [0.2, 0.25) is 0 Å². The van der Waals surface area contributed by atoms with Gasteiger partial charge in [0.1, 0.15) is 22.3 Å². The molecule has 7 nitrogen and oxygen atoms in total. The molecule has 0 fully saturated rings. The summed E-state index contributed by atoms with van der Waals surface area (Å²) in [5.74, 6) is 1.24. The van der Waals surface area contributed by atoms with Gasteiger partial charge in [-0.1, -0.05) is 16.3 Å². The Balaban J connectivity index is 2.07. The largest absolute Gasteiger partial charge is 0.388 e. The molecule has 0 saturated heterocycles. The molecule has 2 heterocycles. The van der Waals surface area contributed by atoms with Crippen LogP contribution in [0, 0.1) is 0 Å². The zero-order chi connectivity index (χ0) is 11.5. The number of hydrogen-bond acceptors (Lipinski definition) is 9. The number of hydrogen-bond donors (Lipinski definition) is 3. The zero-order valence-corrected chi connectivity index (χ0v) is 9.75. The second-order valence-electron chi connectivity index (χ2n) is 2.87. The standard InChI is InChI=1S/C7H9N7S2/c8-4-1-5(9)12-7(11-4)15-2-3-6(10)16-14-13-3/h1H,2,10H2,(H4,8,9,11,12). The monoisotopic (exact) mass is 255 g/mol. The Kier molecular flexibility index (Phi) is 3.06. The van der Waals surface area contributed by atoms with E-state index in [1.165, 1.54) is 17.8 Å². The minimum absolute atomic E-state index is 0.347. The summed E-state index contributed by atoms with van der Waals surface area (Å²) < 4.78 is 3.73. The van der Waals surface area contributed by atoms with Crippen LogP contribution in [-0.2, 0) is 5.75 Å². The third-order valence-corrected chi connectivity index (χ3v) is 3.12. The summed E-state index contributed by atoms with van der Waals surface area (Å²) in [5, 5.41) is 4.99. The molecule has 2 rings (SSSR count). The van der Waals surface area contributed by atoms with Crippen molar-refractivity contribution in [2.24, 2.45) is 0 Å². The molecule has 0 unspecified atom stereocenters. The average Bonchev–Trinajstić information content (AvgIpc) is 2.59. The van der Waals surface area contributed by atoms with E-state index < -0.39 is 0 Å². The Morgan fingerprint density at radius 2 is 1.88 bits per heavy atom. The lowest BCUT2D eigenvalue weighted by Gasteiger charge is -2.01. The summed E-state index contributed by atoms with van der Waals surface area (Å²) in [5.41, 5.74) is 17.5. The summed E-state index contributed by atoms with van der Waals surface area (Å²) in [4.78, 5) is 8.05. The van der Waals surface area contributed by atoms with Gasteiger partial charge in [0, 0.05) is 23.4 Å². The van der Waals surface area contributed by atoms with Crippen LogP contribution in [0.4, 0.5) is 16.6 Å². The van der Waals surface area contributed by atoms with Crippen molar-refractivity contribution < 1.29 is 0 Å². The molecular weight excluding hydrogens is 246 g/mol. The first-order valence-corrected chi connectivity index (χ1v) is 6.00.